The molecular weight excluding hydrogens is 154 g/mol. The van der Waals surface area contributed by atoms with Crippen LogP contribution >= 0.6 is 0 Å². The number of hydrogen-bond acceptors (Lipinski definition) is 2. The molecule has 1 fully saturated rings. The quantitative estimate of drug-likeness (QED) is 0.670. The zero-order valence-electron chi connectivity index (χ0n) is 6.95. The van der Waals surface area contributed by atoms with Gasteiger partial charge in [0.1, 0.15) is 0 Å². The summed E-state index contributed by atoms with van der Waals surface area (Å²) in [6.07, 6.45) is 3.92. The van der Waals surface area contributed by atoms with Crippen LogP contribution < -0.4 is 5.73 Å². The van der Waals surface area contributed by atoms with E-state index in [-0.39, 0.29) is 5.41 Å². The van der Waals surface area contributed by atoms with Crippen molar-refractivity contribution in [1.82, 2.24) is 9.78 Å². The Morgan fingerprint density at radius 3 is 2.83 bits per heavy atom. The minimum absolute atomic E-state index is 0.209. The molecule has 0 aromatic carbocycles. The number of carbonyl (C=O) groups excluding carboxylic acids is 1. The number of hydrogen-bond donors (Lipinski definition) is 1. The van der Waals surface area contributed by atoms with Gasteiger partial charge in [0.05, 0.1) is 5.69 Å². The molecule has 4 heteroatoms. The largest absolute Gasteiger partial charge is 0.350 e. The number of rotatable bonds is 1. The van der Waals surface area contributed by atoms with Crippen molar-refractivity contribution in [2.45, 2.75) is 25.2 Å². The van der Waals surface area contributed by atoms with Crippen LogP contribution in [0, 0.1) is 0 Å². The number of aromatic nitrogens is 2. The molecule has 0 aliphatic heterocycles. The van der Waals surface area contributed by atoms with E-state index in [4.69, 9.17) is 5.73 Å². The third-order valence-corrected chi connectivity index (χ3v) is 2.43. The summed E-state index contributed by atoms with van der Waals surface area (Å²) in [6, 6.07) is 1.34. The summed E-state index contributed by atoms with van der Waals surface area (Å²) in [5, 5.41) is 4.09. The smallest absolute Gasteiger partial charge is 0.339 e. The fraction of sp³-hybridized carbons (Fsp3) is 0.500. The van der Waals surface area contributed by atoms with E-state index < -0.39 is 6.03 Å². The lowest BCUT2D eigenvalue weighted by atomic mass is 10.1. The number of amides is 1. The lowest BCUT2D eigenvalue weighted by Gasteiger charge is -2.01. The van der Waals surface area contributed by atoms with Crippen LogP contribution in [0.4, 0.5) is 4.79 Å². The Morgan fingerprint density at radius 2 is 2.42 bits per heavy atom. The molecule has 0 saturated heterocycles. The topological polar surface area (TPSA) is 60.9 Å². The Labute approximate surface area is 70.4 Å². The monoisotopic (exact) mass is 165 g/mol. The standard InChI is InChI=1S/C8H11N3O/c1-8(3-4-8)6-2-5-11(10-6)7(9)12/h2,5H,3-4H2,1H3,(H2,9,12). The van der Waals surface area contributed by atoms with Gasteiger partial charge in [0.25, 0.3) is 0 Å². The molecule has 0 atom stereocenters. The van der Waals surface area contributed by atoms with Crippen molar-refractivity contribution >= 4 is 6.03 Å². The van der Waals surface area contributed by atoms with E-state index in [0.717, 1.165) is 18.5 Å². The molecule has 1 amide bonds. The number of primary amides is 1. The van der Waals surface area contributed by atoms with Gasteiger partial charge >= 0.3 is 6.03 Å². The van der Waals surface area contributed by atoms with E-state index >= 15 is 0 Å². The van der Waals surface area contributed by atoms with Crippen molar-refractivity contribution in [2.24, 2.45) is 5.73 Å². The molecular formula is C8H11N3O. The van der Waals surface area contributed by atoms with E-state index in [1.165, 1.54) is 4.68 Å². The van der Waals surface area contributed by atoms with Crippen LogP contribution in [0.1, 0.15) is 25.5 Å². The second kappa shape index (κ2) is 2.09. The summed E-state index contributed by atoms with van der Waals surface area (Å²) in [7, 11) is 0. The molecule has 2 N–H and O–H groups in total. The molecule has 1 aliphatic rings. The predicted octanol–water partition coefficient (Wildman–Crippen LogP) is 0.861. The molecule has 1 aromatic heterocycles. The van der Waals surface area contributed by atoms with Gasteiger partial charge in [-0.2, -0.15) is 9.78 Å². The highest BCUT2D eigenvalue weighted by molar-refractivity contribution is 5.73. The summed E-state index contributed by atoms with van der Waals surface area (Å²) < 4.78 is 1.18. The van der Waals surface area contributed by atoms with E-state index in [2.05, 4.69) is 12.0 Å². The summed E-state index contributed by atoms with van der Waals surface area (Å²) >= 11 is 0. The average Bonchev–Trinajstić information content (AvgIpc) is 2.61. The van der Waals surface area contributed by atoms with Crippen LogP contribution in [0.15, 0.2) is 12.3 Å². The molecule has 2 rings (SSSR count). The van der Waals surface area contributed by atoms with Crippen LogP contribution in [0.3, 0.4) is 0 Å². The summed E-state index contributed by atoms with van der Waals surface area (Å²) in [6.45, 7) is 2.14. The summed E-state index contributed by atoms with van der Waals surface area (Å²) in [5.41, 5.74) is 6.23. The Balaban J connectivity index is 2.30. The van der Waals surface area contributed by atoms with Gasteiger partial charge in [0.2, 0.25) is 0 Å². The second-order valence-electron chi connectivity index (χ2n) is 3.54. The normalized spacial score (nSPS) is 19.1. The third-order valence-electron chi connectivity index (χ3n) is 2.43. The van der Waals surface area contributed by atoms with Crippen molar-refractivity contribution in [2.75, 3.05) is 0 Å². The van der Waals surface area contributed by atoms with Gasteiger partial charge in [0, 0.05) is 11.6 Å². The van der Waals surface area contributed by atoms with Crippen molar-refractivity contribution in [3.63, 3.8) is 0 Å². The minimum Gasteiger partial charge on any atom is -0.350 e. The van der Waals surface area contributed by atoms with Gasteiger partial charge in [-0.15, -0.1) is 0 Å². The number of carbonyl (C=O) groups is 1. The highest BCUT2D eigenvalue weighted by atomic mass is 16.2. The fourth-order valence-electron chi connectivity index (χ4n) is 1.21. The molecule has 1 aromatic rings. The molecule has 0 radical (unpaired) electrons. The highest BCUT2D eigenvalue weighted by Crippen LogP contribution is 2.46. The van der Waals surface area contributed by atoms with Crippen LogP contribution in [0.25, 0.3) is 0 Å². The first-order valence-electron chi connectivity index (χ1n) is 3.98. The SMILES string of the molecule is CC1(c2ccn(C(N)=O)n2)CC1. The van der Waals surface area contributed by atoms with Gasteiger partial charge in [-0.05, 0) is 18.9 Å². The Hall–Kier alpha value is -1.32. The Morgan fingerprint density at radius 1 is 1.75 bits per heavy atom. The molecule has 1 heterocycles. The summed E-state index contributed by atoms with van der Waals surface area (Å²) in [5.74, 6) is 0. The predicted molar refractivity (Wildman–Crippen MR) is 43.8 cm³/mol. The molecule has 12 heavy (non-hydrogen) atoms. The van der Waals surface area contributed by atoms with Crippen molar-refractivity contribution in [3.8, 4) is 0 Å². The van der Waals surface area contributed by atoms with Crippen LogP contribution in [0.2, 0.25) is 0 Å². The maximum absolute atomic E-state index is 10.7. The van der Waals surface area contributed by atoms with E-state index in [0.29, 0.717) is 0 Å². The second-order valence-corrected chi connectivity index (χ2v) is 3.54. The first-order chi connectivity index (χ1) is 5.62. The molecule has 0 spiro atoms. The van der Waals surface area contributed by atoms with Crippen LogP contribution in [-0.2, 0) is 5.41 Å². The number of nitrogens with zero attached hydrogens (tertiary/aromatic N) is 2. The van der Waals surface area contributed by atoms with Crippen molar-refractivity contribution in [3.05, 3.63) is 18.0 Å². The van der Waals surface area contributed by atoms with Crippen molar-refractivity contribution < 1.29 is 4.79 Å². The van der Waals surface area contributed by atoms with Crippen LogP contribution in [-0.4, -0.2) is 15.8 Å². The lowest BCUT2D eigenvalue weighted by molar-refractivity contribution is 0.247. The molecule has 1 aliphatic carbocycles. The minimum atomic E-state index is -0.523. The van der Waals surface area contributed by atoms with Gasteiger partial charge in [-0.1, -0.05) is 6.92 Å². The highest BCUT2D eigenvalue weighted by Gasteiger charge is 2.41. The van der Waals surface area contributed by atoms with Gasteiger partial charge < -0.3 is 5.73 Å². The number of nitrogens with two attached hydrogens (primary N) is 1. The zero-order valence-corrected chi connectivity index (χ0v) is 6.95. The Bertz CT molecular complexity index is 325. The molecule has 1 saturated carbocycles. The third kappa shape index (κ3) is 0.995. The summed E-state index contributed by atoms with van der Waals surface area (Å²) in [4.78, 5) is 10.7. The van der Waals surface area contributed by atoms with Gasteiger partial charge in [-0.25, -0.2) is 4.79 Å². The first-order valence-corrected chi connectivity index (χ1v) is 3.98. The van der Waals surface area contributed by atoms with E-state index in [1.54, 1.807) is 6.20 Å². The van der Waals surface area contributed by atoms with Crippen LogP contribution in [0.5, 0.6) is 0 Å². The Kier molecular flexibility index (Phi) is 1.28. The zero-order chi connectivity index (χ0) is 8.77. The van der Waals surface area contributed by atoms with Crippen molar-refractivity contribution in [1.29, 1.82) is 0 Å². The van der Waals surface area contributed by atoms with E-state index in [9.17, 15) is 4.79 Å². The molecule has 0 unspecified atom stereocenters. The molecule has 64 valence electrons. The van der Waals surface area contributed by atoms with Gasteiger partial charge in [-0.3, -0.25) is 0 Å². The van der Waals surface area contributed by atoms with Gasteiger partial charge in [0.15, 0.2) is 0 Å². The lowest BCUT2D eigenvalue weighted by Crippen LogP contribution is -2.20. The fourth-order valence-corrected chi connectivity index (χ4v) is 1.21. The first kappa shape index (κ1) is 7.34. The molecule has 0 bridgehead atoms. The molecule has 4 nitrogen and oxygen atoms in total. The maximum Gasteiger partial charge on any atom is 0.339 e. The average molecular weight is 165 g/mol. The van der Waals surface area contributed by atoms with E-state index in [1.807, 2.05) is 6.07 Å². The maximum atomic E-state index is 10.7.